The number of Topliss-reactive ketones (excluding diaryl/α,β-unsaturated/α-hetero) is 1. The second kappa shape index (κ2) is 4.00. The minimum Gasteiger partial charge on any atom is -0.481 e. The first-order valence-corrected chi connectivity index (χ1v) is 4.97. The van der Waals surface area contributed by atoms with Gasteiger partial charge in [0, 0.05) is 12.6 Å². The molecule has 2 heterocycles. The van der Waals surface area contributed by atoms with Crippen molar-refractivity contribution in [2.75, 3.05) is 7.11 Å². The molecule has 1 aliphatic rings. The number of methoxy groups -OCH3 is 1. The number of hydrogen-bond acceptors (Lipinski definition) is 5. The summed E-state index contributed by atoms with van der Waals surface area (Å²) in [5.74, 6) is -3.37. The molecule has 0 unspecified atom stereocenters. The number of ketones is 1. The summed E-state index contributed by atoms with van der Waals surface area (Å²) >= 11 is 0. The lowest BCUT2D eigenvalue weighted by Gasteiger charge is -2.17. The first kappa shape index (κ1) is 11.3. The van der Waals surface area contributed by atoms with Gasteiger partial charge in [0.15, 0.2) is 11.5 Å². The molecule has 0 fully saturated rings. The molecule has 0 radical (unpaired) electrons. The van der Waals surface area contributed by atoms with Gasteiger partial charge in [-0.05, 0) is 6.42 Å². The van der Waals surface area contributed by atoms with Gasteiger partial charge in [0.25, 0.3) is 0 Å². The third kappa shape index (κ3) is 1.79. The van der Waals surface area contributed by atoms with Gasteiger partial charge in [0.2, 0.25) is 0 Å². The van der Waals surface area contributed by atoms with Crippen molar-refractivity contribution in [3.05, 3.63) is 17.5 Å². The standard InChI is InChI=1S/C10H10N2O5/c1-17-10(16)6-4-7-8(13)5(9(14)15)2-3-12(7)11-6/h4-5H,2-3H2,1H3,(H,14,15)/t5-/m1/s1. The van der Waals surface area contributed by atoms with Crippen LogP contribution in [0.4, 0.5) is 0 Å². The van der Waals surface area contributed by atoms with E-state index in [1.807, 2.05) is 0 Å². The number of carbonyl (C=O) groups is 3. The summed E-state index contributed by atoms with van der Waals surface area (Å²) in [5.41, 5.74) is 0.158. The lowest BCUT2D eigenvalue weighted by molar-refractivity contribution is -0.140. The van der Waals surface area contributed by atoms with Crippen LogP contribution in [0.25, 0.3) is 0 Å². The number of carboxylic acid groups (broad SMARTS) is 1. The van der Waals surface area contributed by atoms with Crippen molar-refractivity contribution in [2.45, 2.75) is 13.0 Å². The SMILES string of the molecule is COC(=O)c1cc2n(n1)CC[C@@H](C(=O)O)C2=O. The van der Waals surface area contributed by atoms with Crippen LogP contribution in [-0.4, -0.2) is 39.7 Å². The number of fused-ring (bicyclic) bond motifs is 1. The maximum absolute atomic E-state index is 11.8. The van der Waals surface area contributed by atoms with E-state index < -0.39 is 23.6 Å². The van der Waals surface area contributed by atoms with E-state index in [0.717, 1.165) is 0 Å². The zero-order chi connectivity index (χ0) is 12.6. The van der Waals surface area contributed by atoms with Crippen LogP contribution in [0.1, 0.15) is 27.4 Å². The lowest BCUT2D eigenvalue weighted by atomic mass is 9.95. The van der Waals surface area contributed by atoms with Gasteiger partial charge in [-0.2, -0.15) is 5.10 Å². The number of rotatable bonds is 2. The number of carboxylic acids is 1. The Bertz CT molecular complexity index is 505. The van der Waals surface area contributed by atoms with E-state index in [0.29, 0.717) is 6.54 Å². The fourth-order valence-electron chi connectivity index (χ4n) is 1.79. The summed E-state index contributed by atoms with van der Waals surface area (Å²) in [6.07, 6.45) is 0.184. The number of aliphatic carboxylic acids is 1. The molecule has 0 saturated heterocycles. The lowest BCUT2D eigenvalue weighted by Crippen LogP contribution is -2.32. The van der Waals surface area contributed by atoms with Crippen LogP contribution in [0.15, 0.2) is 6.07 Å². The van der Waals surface area contributed by atoms with Crippen molar-refractivity contribution >= 4 is 17.7 Å². The van der Waals surface area contributed by atoms with Crippen molar-refractivity contribution in [2.24, 2.45) is 5.92 Å². The van der Waals surface area contributed by atoms with Crippen LogP contribution in [0.3, 0.4) is 0 Å². The molecule has 1 aliphatic heterocycles. The Morgan fingerprint density at radius 3 is 2.88 bits per heavy atom. The Hall–Kier alpha value is -2.18. The third-order valence-electron chi connectivity index (χ3n) is 2.67. The summed E-state index contributed by atoms with van der Waals surface area (Å²) in [7, 11) is 1.21. The normalized spacial score (nSPS) is 18.6. The quantitative estimate of drug-likeness (QED) is 0.573. The fraction of sp³-hybridized carbons (Fsp3) is 0.400. The molecule has 7 nitrogen and oxygen atoms in total. The van der Waals surface area contributed by atoms with Crippen molar-refractivity contribution in [3.63, 3.8) is 0 Å². The molecule has 7 heteroatoms. The van der Waals surface area contributed by atoms with Gasteiger partial charge in [0.05, 0.1) is 7.11 Å². The van der Waals surface area contributed by atoms with E-state index in [2.05, 4.69) is 9.84 Å². The summed E-state index contributed by atoms with van der Waals surface area (Å²) in [6, 6.07) is 1.27. The molecule has 17 heavy (non-hydrogen) atoms. The molecule has 2 rings (SSSR count). The smallest absolute Gasteiger partial charge is 0.358 e. The number of esters is 1. The molecule has 0 bridgehead atoms. The number of aromatic nitrogens is 2. The van der Waals surface area contributed by atoms with Gasteiger partial charge in [0.1, 0.15) is 11.6 Å². The van der Waals surface area contributed by atoms with Crippen LogP contribution in [0.5, 0.6) is 0 Å². The molecule has 0 amide bonds. The van der Waals surface area contributed by atoms with Gasteiger partial charge in [-0.3, -0.25) is 14.3 Å². The van der Waals surface area contributed by atoms with Crippen LogP contribution < -0.4 is 0 Å². The second-order valence-corrected chi connectivity index (χ2v) is 3.67. The van der Waals surface area contributed by atoms with Crippen LogP contribution >= 0.6 is 0 Å². The van der Waals surface area contributed by atoms with Gasteiger partial charge in [-0.15, -0.1) is 0 Å². The number of aryl methyl sites for hydroxylation is 1. The minimum absolute atomic E-state index is 0.0156. The highest BCUT2D eigenvalue weighted by molar-refractivity contribution is 6.08. The second-order valence-electron chi connectivity index (χ2n) is 3.67. The molecule has 1 atom stereocenters. The van der Waals surface area contributed by atoms with Crippen molar-refractivity contribution in [1.29, 1.82) is 0 Å². The molecule has 0 saturated carbocycles. The van der Waals surface area contributed by atoms with Crippen molar-refractivity contribution in [3.8, 4) is 0 Å². The van der Waals surface area contributed by atoms with E-state index in [4.69, 9.17) is 5.11 Å². The first-order valence-electron chi connectivity index (χ1n) is 4.97. The van der Waals surface area contributed by atoms with E-state index in [1.54, 1.807) is 0 Å². The van der Waals surface area contributed by atoms with Crippen molar-refractivity contribution in [1.82, 2.24) is 9.78 Å². The molecule has 1 N–H and O–H groups in total. The monoisotopic (exact) mass is 238 g/mol. The predicted molar refractivity (Wildman–Crippen MR) is 53.6 cm³/mol. The van der Waals surface area contributed by atoms with E-state index >= 15 is 0 Å². The molecule has 1 aromatic heterocycles. The number of ether oxygens (including phenoxy) is 1. The maximum Gasteiger partial charge on any atom is 0.358 e. The summed E-state index contributed by atoms with van der Waals surface area (Å²) in [5, 5.41) is 12.7. The van der Waals surface area contributed by atoms with E-state index in [1.165, 1.54) is 17.9 Å². The van der Waals surface area contributed by atoms with Gasteiger partial charge < -0.3 is 9.84 Å². The molecular formula is C10H10N2O5. The maximum atomic E-state index is 11.8. The molecule has 1 aromatic rings. The highest BCUT2D eigenvalue weighted by Gasteiger charge is 2.34. The average molecular weight is 238 g/mol. The van der Waals surface area contributed by atoms with E-state index in [9.17, 15) is 14.4 Å². The number of nitrogens with zero attached hydrogens (tertiary/aromatic N) is 2. The highest BCUT2D eigenvalue weighted by atomic mass is 16.5. The molecule has 0 aliphatic carbocycles. The van der Waals surface area contributed by atoms with Crippen LogP contribution in [-0.2, 0) is 16.1 Å². The Morgan fingerprint density at radius 2 is 2.29 bits per heavy atom. The highest BCUT2D eigenvalue weighted by Crippen LogP contribution is 2.21. The first-order chi connectivity index (χ1) is 8.04. The van der Waals surface area contributed by atoms with Gasteiger partial charge in [-0.1, -0.05) is 0 Å². The van der Waals surface area contributed by atoms with Gasteiger partial charge >= 0.3 is 11.9 Å². The number of hydrogen-bond donors (Lipinski definition) is 1. The topological polar surface area (TPSA) is 98.5 Å². The van der Waals surface area contributed by atoms with Crippen molar-refractivity contribution < 1.29 is 24.2 Å². The Labute approximate surface area is 96.0 Å². The van der Waals surface area contributed by atoms with E-state index in [-0.39, 0.29) is 17.8 Å². The average Bonchev–Trinajstić information content (AvgIpc) is 2.72. The molecular weight excluding hydrogens is 228 g/mol. The zero-order valence-corrected chi connectivity index (χ0v) is 9.04. The summed E-state index contributed by atoms with van der Waals surface area (Å²) in [6.45, 7) is 0.301. The summed E-state index contributed by atoms with van der Waals surface area (Å²) in [4.78, 5) is 33.8. The van der Waals surface area contributed by atoms with Crippen LogP contribution in [0, 0.1) is 5.92 Å². The molecule has 0 aromatic carbocycles. The molecule has 90 valence electrons. The largest absolute Gasteiger partial charge is 0.481 e. The third-order valence-corrected chi connectivity index (χ3v) is 2.67. The minimum atomic E-state index is -1.15. The predicted octanol–water partition coefficient (Wildman–Crippen LogP) is -0.0431. The Kier molecular flexibility index (Phi) is 2.66. The zero-order valence-electron chi connectivity index (χ0n) is 9.04. The Balaban J connectivity index is 2.37. The summed E-state index contributed by atoms with van der Waals surface area (Å²) < 4.78 is 5.82. The Morgan fingerprint density at radius 1 is 1.59 bits per heavy atom. The fourth-order valence-corrected chi connectivity index (χ4v) is 1.79. The molecule has 0 spiro atoms. The number of carbonyl (C=O) groups excluding carboxylic acids is 2. The van der Waals surface area contributed by atoms with Crippen LogP contribution in [0.2, 0.25) is 0 Å². The van der Waals surface area contributed by atoms with Gasteiger partial charge in [-0.25, -0.2) is 4.79 Å².